The van der Waals surface area contributed by atoms with Crippen molar-refractivity contribution in [1.29, 1.82) is 5.26 Å². The van der Waals surface area contributed by atoms with Crippen LogP contribution in [0, 0.1) is 11.3 Å². The minimum Gasteiger partial charge on any atom is -0.495 e. The average molecular weight is 188 g/mol. The molecule has 0 spiro atoms. The van der Waals surface area contributed by atoms with Gasteiger partial charge in [0.2, 0.25) is 0 Å². The van der Waals surface area contributed by atoms with Crippen LogP contribution in [-0.2, 0) is 0 Å². The second-order valence-corrected chi connectivity index (χ2v) is 2.70. The molecule has 14 heavy (non-hydrogen) atoms. The van der Waals surface area contributed by atoms with E-state index in [-0.39, 0.29) is 0 Å². The lowest BCUT2D eigenvalue weighted by molar-refractivity contribution is 0.416. The van der Waals surface area contributed by atoms with E-state index < -0.39 is 0 Å². The summed E-state index contributed by atoms with van der Waals surface area (Å²) in [4.78, 5) is 0. The van der Waals surface area contributed by atoms with Crippen molar-refractivity contribution in [3.8, 4) is 11.8 Å². The van der Waals surface area contributed by atoms with Gasteiger partial charge >= 0.3 is 0 Å². The van der Waals surface area contributed by atoms with Crippen LogP contribution in [0.1, 0.15) is 5.56 Å². The highest BCUT2D eigenvalue weighted by Gasteiger charge is 2.02. The SMILES string of the molecule is C=CCNc1ccc(C#N)cc1OC. The molecule has 0 saturated heterocycles. The molecule has 3 nitrogen and oxygen atoms in total. The van der Waals surface area contributed by atoms with Crippen LogP contribution < -0.4 is 10.1 Å². The van der Waals surface area contributed by atoms with E-state index in [1.807, 2.05) is 6.07 Å². The third-order valence-corrected chi connectivity index (χ3v) is 1.77. The Hall–Kier alpha value is -1.95. The van der Waals surface area contributed by atoms with Gasteiger partial charge in [0, 0.05) is 12.6 Å². The van der Waals surface area contributed by atoms with Crippen molar-refractivity contribution in [3.63, 3.8) is 0 Å². The third-order valence-electron chi connectivity index (χ3n) is 1.77. The molecule has 0 aromatic heterocycles. The van der Waals surface area contributed by atoms with Gasteiger partial charge in [0.1, 0.15) is 5.75 Å². The van der Waals surface area contributed by atoms with Crippen LogP contribution in [0.4, 0.5) is 5.69 Å². The summed E-state index contributed by atoms with van der Waals surface area (Å²) in [7, 11) is 1.58. The molecule has 1 aromatic carbocycles. The van der Waals surface area contributed by atoms with E-state index in [2.05, 4.69) is 18.0 Å². The monoisotopic (exact) mass is 188 g/mol. The molecule has 0 heterocycles. The Morgan fingerprint density at radius 2 is 2.43 bits per heavy atom. The maximum atomic E-state index is 8.68. The molecule has 0 amide bonds. The Bertz CT molecular complexity index is 366. The zero-order valence-electron chi connectivity index (χ0n) is 8.08. The molecule has 3 heteroatoms. The quantitative estimate of drug-likeness (QED) is 0.736. The van der Waals surface area contributed by atoms with Gasteiger partial charge in [0.15, 0.2) is 0 Å². The Morgan fingerprint density at radius 1 is 1.64 bits per heavy atom. The minimum atomic E-state index is 0.589. The molecule has 0 fully saturated rings. The van der Waals surface area contributed by atoms with Gasteiger partial charge in [-0.25, -0.2) is 0 Å². The van der Waals surface area contributed by atoms with Crippen LogP contribution in [0.3, 0.4) is 0 Å². The van der Waals surface area contributed by atoms with E-state index in [4.69, 9.17) is 10.00 Å². The normalized spacial score (nSPS) is 8.86. The van der Waals surface area contributed by atoms with E-state index in [9.17, 15) is 0 Å². The van der Waals surface area contributed by atoms with Gasteiger partial charge in [-0.2, -0.15) is 5.26 Å². The van der Waals surface area contributed by atoms with Crippen LogP contribution in [0.5, 0.6) is 5.75 Å². The molecule has 0 bridgehead atoms. The highest BCUT2D eigenvalue weighted by molar-refractivity contribution is 5.59. The highest BCUT2D eigenvalue weighted by Crippen LogP contribution is 2.24. The summed E-state index contributed by atoms with van der Waals surface area (Å²) in [5.41, 5.74) is 1.46. The summed E-state index contributed by atoms with van der Waals surface area (Å²) in [6, 6.07) is 7.32. The van der Waals surface area contributed by atoms with Crippen molar-refractivity contribution in [2.75, 3.05) is 19.0 Å². The van der Waals surface area contributed by atoms with E-state index in [0.717, 1.165) is 5.69 Å². The van der Waals surface area contributed by atoms with Gasteiger partial charge in [-0.05, 0) is 12.1 Å². The first kappa shape index (κ1) is 10.1. The molecular formula is C11H12N2O. The Balaban J connectivity index is 2.94. The smallest absolute Gasteiger partial charge is 0.143 e. The number of hydrogen-bond acceptors (Lipinski definition) is 3. The van der Waals surface area contributed by atoms with Crippen LogP contribution in [0.2, 0.25) is 0 Å². The summed E-state index contributed by atoms with van der Waals surface area (Å²) < 4.78 is 5.14. The third kappa shape index (κ3) is 2.27. The predicted molar refractivity (Wildman–Crippen MR) is 56.4 cm³/mol. The van der Waals surface area contributed by atoms with E-state index >= 15 is 0 Å². The largest absolute Gasteiger partial charge is 0.495 e. The van der Waals surface area contributed by atoms with Crippen molar-refractivity contribution < 1.29 is 4.74 Å². The number of nitriles is 1. The fourth-order valence-corrected chi connectivity index (χ4v) is 1.09. The second kappa shape index (κ2) is 4.93. The number of rotatable bonds is 4. The number of ether oxygens (including phenoxy) is 1. The van der Waals surface area contributed by atoms with Gasteiger partial charge in [-0.15, -0.1) is 6.58 Å². The van der Waals surface area contributed by atoms with Crippen LogP contribution in [0.25, 0.3) is 0 Å². The summed E-state index contributed by atoms with van der Waals surface area (Å²) >= 11 is 0. The lowest BCUT2D eigenvalue weighted by Gasteiger charge is -2.09. The molecule has 1 aromatic rings. The fraction of sp³-hybridized carbons (Fsp3) is 0.182. The number of hydrogen-bond donors (Lipinski definition) is 1. The van der Waals surface area contributed by atoms with Gasteiger partial charge in [-0.3, -0.25) is 0 Å². The predicted octanol–water partition coefficient (Wildman–Crippen LogP) is 2.16. The number of nitrogens with one attached hydrogen (secondary N) is 1. The Morgan fingerprint density at radius 3 is 3.00 bits per heavy atom. The zero-order valence-corrected chi connectivity index (χ0v) is 8.08. The number of benzene rings is 1. The summed E-state index contributed by atoms with van der Waals surface area (Å²) in [6.07, 6.45) is 1.76. The molecule has 72 valence electrons. The molecule has 0 aliphatic heterocycles. The van der Waals surface area contributed by atoms with E-state index in [0.29, 0.717) is 17.9 Å². The number of methoxy groups -OCH3 is 1. The standard InChI is InChI=1S/C11H12N2O/c1-3-6-13-10-5-4-9(8-12)7-11(10)14-2/h3-5,7,13H,1,6H2,2H3. The van der Waals surface area contributed by atoms with Gasteiger partial charge in [0.25, 0.3) is 0 Å². The van der Waals surface area contributed by atoms with Crippen LogP contribution >= 0.6 is 0 Å². The van der Waals surface area contributed by atoms with Crippen molar-refractivity contribution in [1.82, 2.24) is 0 Å². The first-order valence-electron chi connectivity index (χ1n) is 4.24. The molecule has 0 atom stereocenters. The van der Waals surface area contributed by atoms with Gasteiger partial charge < -0.3 is 10.1 Å². The van der Waals surface area contributed by atoms with Crippen molar-refractivity contribution in [2.24, 2.45) is 0 Å². The Kier molecular flexibility index (Phi) is 3.57. The molecular weight excluding hydrogens is 176 g/mol. The molecule has 0 unspecified atom stereocenters. The first-order chi connectivity index (χ1) is 6.81. The van der Waals surface area contributed by atoms with Crippen LogP contribution in [0.15, 0.2) is 30.9 Å². The minimum absolute atomic E-state index is 0.589. The van der Waals surface area contributed by atoms with E-state index in [1.54, 1.807) is 25.3 Å². The molecule has 0 aliphatic rings. The van der Waals surface area contributed by atoms with Crippen molar-refractivity contribution in [3.05, 3.63) is 36.4 Å². The Labute approximate surface area is 83.6 Å². The van der Waals surface area contributed by atoms with Gasteiger partial charge in [0.05, 0.1) is 24.4 Å². The zero-order chi connectivity index (χ0) is 10.4. The summed E-state index contributed by atoms with van der Waals surface area (Å²) in [5.74, 6) is 0.672. The van der Waals surface area contributed by atoms with Crippen molar-refractivity contribution >= 4 is 5.69 Å². The molecule has 1 rings (SSSR count). The molecule has 0 radical (unpaired) electrons. The summed E-state index contributed by atoms with van der Waals surface area (Å²) in [6.45, 7) is 4.28. The highest BCUT2D eigenvalue weighted by atomic mass is 16.5. The molecule has 0 saturated carbocycles. The maximum Gasteiger partial charge on any atom is 0.143 e. The summed E-state index contributed by atoms with van der Waals surface area (Å²) in [5, 5.41) is 11.8. The maximum absolute atomic E-state index is 8.68. The van der Waals surface area contributed by atoms with Crippen LogP contribution in [-0.4, -0.2) is 13.7 Å². The topological polar surface area (TPSA) is 45.0 Å². The first-order valence-corrected chi connectivity index (χ1v) is 4.24. The molecule has 1 N–H and O–H groups in total. The molecule has 0 aliphatic carbocycles. The lowest BCUT2D eigenvalue weighted by atomic mass is 10.2. The lowest BCUT2D eigenvalue weighted by Crippen LogP contribution is -2.00. The fourth-order valence-electron chi connectivity index (χ4n) is 1.09. The number of anilines is 1. The number of nitrogens with zero attached hydrogens (tertiary/aromatic N) is 1. The van der Waals surface area contributed by atoms with Crippen molar-refractivity contribution in [2.45, 2.75) is 0 Å². The van der Waals surface area contributed by atoms with E-state index in [1.165, 1.54) is 0 Å². The average Bonchev–Trinajstić information content (AvgIpc) is 2.26. The second-order valence-electron chi connectivity index (χ2n) is 2.70. The van der Waals surface area contributed by atoms with Gasteiger partial charge in [-0.1, -0.05) is 6.08 Å².